The van der Waals surface area contributed by atoms with Crippen LogP contribution in [-0.2, 0) is 0 Å². The van der Waals surface area contributed by atoms with E-state index in [0.717, 1.165) is 25.7 Å². The molecular formula is C10H11BrClN5O. The quantitative estimate of drug-likeness (QED) is 0.639. The molecule has 0 aromatic carbocycles. The van der Waals surface area contributed by atoms with Crippen LogP contribution in [0.4, 0.5) is 0 Å². The molecule has 3 rings (SSSR count). The number of aromatic nitrogens is 5. The van der Waals surface area contributed by atoms with E-state index in [9.17, 15) is 5.11 Å². The molecule has 2 atom stereocenters. The molecule has 1 aliphatic rings. The maximum absolute atomic E-state index is 10.1. The van der Waals surface area contributed by atoms with Crippen molar-refractivity contribution in [3.05, 3.63) is 9.89 Å². The minimum atomic E-state index is -0.406. The highest BCUT2D eigenvalue weighted by atomic mass is 79.9. The van der Waals surface area contributed by atoms with Crippen molar-refractivity contribution in [1.82, 2.24) is 25.0 Å². The minimum Gasteiger partial charge on any atom is -0.391 e. The van der Waals surface area contributed by atoms with Gasteiger partial charge >= 0.3 is 0 Å². The van der Waals surface area contributed by atoms with Gasteiger partial charge in [0.2, 0.25) is 5.28 Å². The fourth-order valence-electron chi connectivity index (χ4n) is 2.37. The molecule has 1 saturated carbocycles. The second-order valence-corrected chi connectivity index (χ2v) is 5.50. The monoisotopic (exact) mass is 331 g/mol. The van der Waals surface area contributed by atoms with Gasteiger partial charge in [0.1, 0.15) is 4.60 Å². The predicted octanol–water partition coefficient (Wildman–Crippen LogP) is 2.11. The first kappa shape index (κ1) is 12.3. The summed E-state index contributed by atoms with van der Waals surface area (Å²) in [4.78, 5) is 8.13. The predicted molar refractivity (Wildman–Crippen MR) is 69.3 cm³/mol. The molecule has 0 aliphatic heterocycles. The van der Waals surface area contributed by atoms with Crippen LogP contribution in [0.3, 0.4) is 0 Å². The van der Waals surface area contributed by atoms with Gasteiger partial charge in [-0.25, -0.2) is 9.67 Å². The molecule has 1 aliphatic carbocycles. The molecule has 2 aromatic rings. The number of rotatable bonds is 1. The molecule has 96 valence electrons. The van der Waals surface area contributed by atoms with Crippen molar-refractivity contribution < 1.29 is 5.11 Å². The van der Waals surface area contributed by atoms with E-state index >= 15 is 0 Å². The van der Waals surface area contributed by atoms with Crippen LogP contribution in [-0.4, -0.2) is 36.2 Å². The standard InChI is InChI=1S/C10H11BrClN5O/c11-8-7-9(14-10(12)13-8)17(16-15-7)5-3-1-2-4-6(5)18/h5-6,18H,1-4H2/t5-,6+/m0/s1. The second-order valence-electron chi connectivity index (χ2n) is 4.41. The van der Waals surface area contributed by atoms with Crippen LogP contribution in [0.1, 0.15) is 31.7 Å². The summed E-state index contributed by atoms with van der Waals surface area (Å²) in [5.41, 5.74) is 1.13. The minimum absolute atomic E-state index is 0.0818. The van der Waals surface area contributed by atoms with E-state index in [-0.39, 0.29) is 11.3 Å². The molecule has 8 heteroatoms. The first-order valence-electron chi connectivity index (χ1n) is 5.79. The van der Waals surface area contributed by atoms with Crippen molar-refractivity contribution >= 4 is 38.7 Å². The van der Waals surface area contributed by atoms with Crippen LogP contribution in [0.15, 0.2) is 4.60 Å². The van der Waals surface area contributed by atoms with E-state index < -0.39 is 6.10 Å². The van der Waals surface area contributed by atoms with Crippen molar-refractivity contribution in [2.45, 2.75) is 37.8 Å². The molecule has 6 nitrogen and oxygen atoms in total. The summed E-state index contributed by atoms with van der Waals surface area (Å²) in [5, 5.41) is 18.3. The lowest BCUT2D eigenvalue weighted by Gasteiger charge is -2.27. The van der Waals surface area contributed by atoms with Crippen LogP contribution < -0.4 is 0 Å². The Bertz CT molecular complexity index is 589. The van der Waals surface area contributed by atoms with Crippen LogP contribution >= 0.6 is 27.5 Å². The average molecular weight is 333 g/mol. The van der Waals surface area contributed by atoms with E-state index in [1.165, 1.54) is 0 Å². The lowest BCUT2D eigenvalue weighted by atomic mass is 9.93. The van der Waals surface area contributed by atoms with Crippen molar-refractivity contribution in [2.75, 3.05) is 0 Å². The highest BCUT2D eigenvalue weighted by Gasteiger charge is 2.28. The fourth-order valence-corrected chi connectivity index (χ4v) is 3.06. The maximum atomic E-state index is 10.1. The average Bonchev–Trinajstić information content (AvgIpc) is 2.73. The molecule has 0 bridgehead atoms. The summed E-state index contributed by atoms with van der Waals surface area (Å²) >= 11 is 9.13. The highest BCUT2D eigenvalue weighted by molar-refractivity contribution is 9.10. The number of fused-ring (bicyclic) bond motifs is 1. The molecule has 2 aromatic heterocycles. The number of halogens is 2. The number of hydrogen-bond acceptors (Lipinski definition) is 5. The topological polar surface area (TPSA) is 76.7 Å². The zero-order valence-electron chi connectivity index (χ0n) is 9.42. The number of nitrogens with zero attached hydrogens (tertiary/aromatic N) is 5. The molecule has 0 spiro atoms. The third-order valence-corrected chi connectivity index (χ3v) is 3.98. The normalized spacial score (nSPS) is 24.6. The summed E-state index contributed by atoms with van der Waals surface area (Å²) < 4.78 is 2.19. The molecule has 2 heterocycles. The van der Waals surface area contributed by atoms with Gasteiger partial charge < -0.3 is 5.11 Å². The van der Waals surface area contributed by atoms with Gasteiger partial charge in [-0.1, -0.05) is 18.1 Å². The lowest BCUT2D eigenvalue weighted by molar-refractivity contribution is 0.0703. The number of aliphatic hydroxyl groups excluding tert-OH is 1. The third-order valence-electron chi connectivity index (χ3n) is 3.26. The van der Waals surface area contributed by atoms with E-state index in [1.54, 1.807) is 4.68 Å². The Morgan fingerprint density at radius 3 is 2.83 bits per heavy atom. The Labute approximate surface area is 116 Å². The van der Waals surface area contributed by atoms with Gasteiger partial charge in [-0.05, 0) is 40.4 Å². The van der Waals surface area contributed by atoms with Gasteiger partial charge in [-0.3, -0.25) is 0 Å². The van der Waals surface area contributed by atoms with Crippen molar-refractivity contribution in [3.63, 3.8) is 0 Å². The second kappa shape index (κ2) is 4.71. The Balaban J connectivity index is 2.11. The molecule has 0 saturated heterocycles. The van der Waals surface area contributed by atoms with Crippen LogP contribution in [0.2, 0.25) is 5.28 Å². The summed E-state index contributed by atoms with van der Waals surface area (Å²) in [7, 11) is 0. The summed E-state index contributed by atoms with van der Waals surface area (Å²) in [5.74, 6) is 0. The molecule has 0 amide bonds. The molecular weight excluding hydrogens is 322 g/mol. The zero-order chi connectivity index (χ0) is 12.7. The van der Waals surface area contributed by atoms with Gasteiger partial charge in [0.15, 0.2) is 11.2 Å². The lowest BCUT2D eigenvalue weighted by Crippen LogP contribution is -2.28. The Kier molecular flexibility index (Phi) is 3.21. The molecule has 1 fully saturated rings. The summed E-state index contributed by atoms with van der Waals surface area (Å²) in [6.45, 7) is 0. The van der Waals surface area contributed by atoms with E-state index in [0.29, 0.717) is 15.8 Å². The number of aliphatic hydroxyl groups is 1. The van der Waals surface area contributed by atoms with Crippen LogP contribution in [0.25, 0.3) is 11.2 Å². The summed E-state index contributed by atoms with van der Waals surface area (Å²) in [6, 6.07) is -0.0818. The maximum Gasteiger partial charge on any atom is 0.225 e. The summed E-state index contributed by atoms with van der Waals surface area (Å²) in [6.07, 6.45) is 3.37. The third kappa shape index (κ3) is 2.00. The molecule has 0 unspecified atom stereocenters. The molecule has 18 heavy (non-hydrogen) atoms. The van der Waals surface area contributed by atoms with Gasteiger partial charge in [0.25, 0.3) is 0 Å². The first-order chi connectivity index (χ1) is 8.66. The van der Waals surface area contributed by atoms with E-state index in [2.05, 4.69) is 36.2 Å². The Hall–Kier alpha value is -0.790. The van der Waals surface area contributed by atoms with Gasteiger partial charge in [0, 0.05) is 0 Å². The zero-order valence-corrected chi connectivity index (χ0v) is 11.8. The first-order valence-corrected chi connectivity index (χ1v) is 6.96. The Morgan fingerprint density at radius 2 is 2.06 bits per heavy atom. The van der Waals surface area contributed by atoms with Crippen LogP contribution in [0.5, 0.6) is 0 Å². The molecule has 1 N–H and O–H groups in total. The van der Waals surface area contributed by atoms with E-state index in [4.69, 9.17) is 11.6 Å². The molecule has 0 radical (unpaired) electrons. The number of hydrogen-bond donors (Lipinski definition) is 1. The Morgan fingerprint density at radius 1 is 1.28 bits per heavy atom. The van der Waals surface area contributed by atoms with Crippen molar-refractivity contribution in [3.8, 4) is 0 Å². The van der Waals surface area contributed by atoms with Crippen molar-refractivity contribution in [2.24, 2.45) is 0 Å². The van der Waals surface area contributed by atoms with Gasteiger partial charge in [0.05, 0.1) is 12.1 Å². The van der Waals surface area contributed by atoms with Gasteiger partial charge in [-0.2, -0.15) is 4.98 Å². The van der Waals surface area contributed by atoms with Crippen LogP contribution in [0, 0.1) is 0 Å². The fraction of sp³-hybridized carbons (Fsp3) is 0.600. The SMILES string of the molecule is O[C@@H]1CCCC[C@@H]1n1nnc2c(Br)nc(Cl)nc21. The largest absolute Gasteiger partial charge is 0.391 e. The van der Waals surface area contributed by atoms with E-state index in [1.807, 2.05) is 0 Å². The van der Waals surface area contributed by atoms with Crippen molar-refractivity contribution in [1.29, 1.82) is 0 Å². The van der Waals surface area contributed by atoms with Gasteiger partial charge in [-0.15, -0.1) is 5.10 Å². The smallest absolute Gasteiger partial charge is 0.225 e. The highest BCUT2D eigenvalue weighted by Crippen LogP contribution is 2.31.